The SMILES string of the molecule is COP(=O)(OC)C1=C[C@@H]2CC[C@H]1C2. The third-order valence-electron chi connectivity index (χ3n) is 3.09. The quantitative estimate of drug-likeness (QED) is 0.660. The molecule has 2 rings (SSSR count). The van der Waals surface area contributed by atoms with Crippen LogP contribution in [0, 0.1) is 11.8 Å². The van der Waals surface area contributed by atoms with Crippen molar-refractivity contribution >= 4 is 7.60 Å². The maximum absolute atomic E-state index is 12.0. The molecule has 0 unspecified atom stereocenters. The summed E-state index contributed by atoms with van der Waals surface area (Å²) in [7, 11) is 0.00102. The minimum atomic E-state index is -2.91. The van der Waals surface area contributed by atoms with Gasteiger partial charge < -0.3 is 9.05 Å². The lowest BCUT2D eigenvalue weighted by molar-refractivity contribution is 0.279. The lowest BCUT2D eigenvalue weighted by atomic mass is 10.1. The molecule has 0 N–H and O–H groups in total. The van der Waals surface area contributed by atoms with Crippen LogP contribution < -0.4 is 0 Å². The van der Waals surface area contributed by atoms with E-state index in [-0.39, 0.29) is 0 Å². The Morgan fingerprint density at radius 1 is 1.38 bits per heavy atom. The molecule has 4 heteroatoms. The minimum Gasteiger partial charge on any atom is -0.309 e. The van der Waals surface area contributed by atoms with Crippen molar-refractivity contribution in [1.82, 2.24) is 0 Å². The average molecular weight is 202 g/mol. The molecule has 0 aliphatic heterocycles. The molecule has 0 aromatic heterocycles. The van der Waals surface area contributed by atoms with Crippen LogP contribution in [-0.4, -0.2) is 14.2 Å². The van der Waals surface area contributed by atoms with Crippen molar-refractivity contribution in [3.05, 3.63) is 11.4 Å². The van der Waals surface area contributed by atoms with Gasteiger partial charge in [0, 0.05) is 19.5 Å². The van der Waals surface area contributed by atoms with Crippen LogP contribution in [0.2, 0.25) is 0 Å². The van der Waals surface area contributed by atoms with Gasteiger partial charge in [0.15, 0.2) is 0 Å². The topological polar surface area (TPSA) is 35.5 Å². The summed E-state index contributed by atoms with van der Waals surface area (Å²) in [5, 5.41) is 0.925. The van der Waals surface area contributed by atoms with Gasteiger partial charge in [-0.1, -0.05) is 6.08 Å². The molecule has 2 aliphatic carbocycles. The Hall–Kier alpha value is -0.110. The smallest absolute Gasteiger partial charge is 0.309 e. The van der Waals surface area contributed by atoms with Gasteiger partial charge in [0.2, 0.25) is 0 Å². The van der Waals surface area contributed by atoms with Gasteiger partial charge in [-0.25, -0.2) is 0 Å². The van der Waals surface area contributed by atoms with Crippen molar-refractivity contribution in [3.8, 4) is 0 Å². The van der Waals surface area contributed by atoms with Crippen LogP contribution >= 0.6 is 7.60 Å². The highest BCUT2D eigenvalue weighted by Gasteiger charge is 2.42. The summed E-state index contributed by atoms with van der Waals surface area (Å²) >= 11 is 0. The van der Waals surface area contributed by atoms with Crippen molar-refractivity contribution in [2.75, 3.05) is 14.2 Å². The van der Waals surface area contributed by atoms with Crippen LogP contribution in [0.15, 0.2) is 11.4 Å². The molecule has 0 aromatic rings. The molecule has 74 valence electrons. The zero-order valence-corrected chi connectivity index (χ0v) is 8.92. The van der Waals surface area contributed by atoms with Crippen molar-refractivity contribution in [3.63, 3.8) is 0 Å². The molecule has 1 fully saturated rings. The molecule has 0 aromatic carbocycles. The zero-order chi connectivity index (χ0) is 9.47. The van der Waals surface area contributed by atoms with Gasteiger partial charge >= 0.3 is 7.60 Å². The number of fused-ring (bicyclic) bond motifs is 2. The summed E-state index contributed by atoms with van der Waals surface area (Å²) < 4.78 is 22.0. The number of rotatable bonds is 3. The lowest BCUT2D eigenvalue weighted by Gasteiger charge is -2.20. The second kappa shape index (κ2) is 3.23. The highest BCUT2D eigenvalue weighted by atomic mass is 31.2. The molecule has 2 aliphatic rings. The van der Waals surface area contributed by atoms with E-state index in [2.05, 4.69) is 6.08 Å². The Morgan fingerprint density at radius 2 is 2.08 bits per heavy atom. The second-order valence-electron chi connectivity index (χ2n) is 3.72. The van der Waals surface area contributed by atoms with Gasteiger partial charge in [0.1, 0.15) is 0 Å². The largest absolute Gasteiger partial charge is 0.356 e. The highest BCUT2D eigenvalue weighted by Crippen LogP contribution is 2.64. The Kier molecular flexibility index (Phi) is 2.35. The molecule has 2 bridgehead atoms. The molecular weight excluding hydrogens is 187 g/mol. The average Bonchev–Trinajstić information content (AvgIpc) is 2.77. The van der Waals surface area contributed by atoms with Crippen molar-refractivity contribution in [1.29, 1.82) is 0 Å². The first kappa shape index (κ1) is 9.45. The fourth-order valence-electron chi connectivity index (χ4n) is 2.41. The molecule has 0 saturated heterocycles. The monoisotopic (exact) mass is 202 g/mol. The molecule has 13 heavy (non-hydrogen) atoms. The molecular formula is C9H15O3P. The molecule has 0 amide bonds. The van der Waals surface area contributed by atoms with Crippen molar-refractivity contribution in [2.45, 2.75) is 19.3 Å². The van der Waals surface area contributed by atoms with E-state index in [9.17, 15) is 4.57 Å². The van der Waals surface area contributed by atoms with Gasteiger partial charge in [0.25, 0.3) is 0 Å². The van der Waals surface area contributed by atoms with Crippen molar-refractivity contribution < 1.29 is 13.6 Å². The molecule has 0 radical (unpaired) electrons. The van der Waals surface area contributed by atoms with Crippen LogP contribution in [0.1, 0.15) is 19.3 Å². The van der Waals surface area contributed by atoms with Gasteiger partial charge in [0.05, 0.1) is 0 Å². The van der Waals surface area contributed by atoms with Gasteiger partial charge in [-0.15, -0.1) is 0 Å². The third kappa shape index (κ3) is 1.39. The Balaban J connectivity index is 2.26. The van der Waals surface area contributed by atoms with Gasteiger partial charge in [-0.05, 0) is 31.1 Å². The fourth-order valence-corrected chi connectivity index (χ4v) is 4.06. The van der Waals surface area contributed by atoms with E-state index < -0.39 is 7.60 Å². The van der Waals surface area contributed by atoms with E-state index >= 15 is 0 Å². The second-order valence-corrected chi connectivity index (χ2v) is 5.97. The first-order valence-electron chi connectivity index (χ1n) is 4.63. The Bertz CT molecular complexity index is 277. The lowest BCUT2D eigenvalue weighted by Crippen LogP contribution is -2.01. The summed E-state index contributed by atoms with van der Waals surface area (Å²) in [5.74, 6) is 1.08. The van der Waals surface area contributed by atoms with E-state index in [0.29, 0.717) is 11.8 Å². The van der Waals surface area contributed by atoms with E-state index in [0.717, 1.165) is 18.2 Å². The summed E-state index contributed by atoms with van der Waals surface area (Å²) in [6.45, 7) is 0. The molecule has 0 spiro atoms. The standard InChI is InChI=1S/C9H15O3P/c1-11-13(10,12-2)9-6-7-3-4-8(9)5-7/h6-8H,3-5H2,1-2H3/t7-,8+/m1/s1. The van der Waals surface area contributed by atoms with E-state index in [1.807, 2.05) is 0 Å². The van der Waals surface area contributed by atoms with E-state index in [1.54, 1.807) is 0 Å². The maximum atomic E-state index is 12.0. The van der Waals surface area contributed by atoms with Gasteiger partial charge in [-0.2, -0.15) is 0 Å². The summed E-state index contributed by atoms with van der Waals surface area (Å²) in [6.07, 6.45) is 5.63. The Morgan fingerprint density at radius 3 is 2.46 bits per heavy atom. The number of hydrogen-bond donors (Lipinski definition) is 0. The van der Waals surface area contributed by atoms with Crippen LogP contribution in [-0.2, 0) is 13.6 Å². The molecule has 3 nitrogen and oxygen atoms in total. The summed E-state index contributed by atoms with van der Waals surface area (Å²) in [6, 6.07) is 0. The number of hydrogen-bond acceptors (Lipinski definition) is 3. The highest BCUT2D eigenvalue weighted by molar-refractivity contribution is 7.58. The van der Waals surface area contributed by atoms with E-state index in [1.165, 1.54) is 20.6 Å². The van der Waals surface area contributed by atoms with E-state index in [4.69, 9.17) is 9.05 Å². The summed E-state index contributed by atoms with van der Waals surface area (Å²) in [5.41, 5.74) is 0. The third-order valence-corrected chi connectivity index (χ3v) is 5.20. The minimum absolute atomic E-state index is 0.454. The predicted molar refractivity (Wildman–Crippen MR) is 50.5 cm³/mol. The fraction of sp³-hybridized carbons (Fsp3) is 0.778. The normalized spacial score (nSPS) is 32.3. The summed E-state index contributed by atoms with van der Waals surface area (Å²) in [4.78, 5) is 0. The van der Waals surface area contributed by atoms with Crippen LogP contribution in [0.3, 0.4) is 0 Å². The van der Waals surface area contributed by atoms with Crippen LogP contribution in [0.25, 0.3) is 0 Å². The number of allylic oxidation sites excluding steroid dienone is 2. The first-order valence-corrected chi connectivity index (χ1v) is 6.17. The van der Waals surface area contributed by atoms with Gasteiger partial charge in [-0.3, -0.25) is 4.57 Å². The first-order chi connectivity index (χ1) is 6.19. The van der Waals surface area contributed by atoms with Crippen LogP contribution in [0.4, 0.5) is 0 Å². The maximum Gasteiger partial charge on any atom is 0.356 e. The molecule has 1 saturated carbocycles. The molecule has 2 atom stereocenters. The van der Waals surface area contributed by atoms with Crippen molar-refractivity contribution in [2.24, 2.45) is 11.8 Å². The molecule has 0 heterocycles. The Labute approximate surface area is 78.6 Å². The predicted octanol–water partition coefficient (Wildman–Crippen LogP) is 2.79. The zero-order valence-electron chi connectivity index (χ0n) is 8.03. The van der Waals surface area contributed by atoms with Crippen LogP contribution in [0.5, 0.6) is 0 Å².